The number of amides is 1. The summed E-state index contributed by atoms with van der Waals surface area (Å²) in [6.07, 6.45) is 6.54. The number of carbonyl (C=O) groups excluding carboxylic acids is 1. The number of aromatic nitrogens is 2. The van der Waals surface area contributed by atoms with Crippen LogP contribution in [0.3, 0.4) is 0 Å². The number of carbonyl (C=O) groups is 1. The highest BCUT2D eigenvalue weighted by Crippen LogP contribution is 2.39. The van der Waals surface area contributed by atoms with Crippen LogP contribution in [-0.4, -0.2) is 28.0 Å². The van der Waals surface area contributed by atoms with Crippen LogP contribution < -0.4 is 10.6 Å². The van der Waals surface area contributed by atoms with Gasteiger partial charge in [0.2, 0.25) is 0 Å². The molecule has 1 saturated carbocycles. The number of hydrogen-bond acceptors (Lipinski definition) is 4. The molecule has 1 amide bonds. The second-order valence-electron chi connectivity index (χ2n) is 5.67. The summed E-state index contributed by atoms with van der Waals surface area (Å²) in [5.74, 6) is 1.09. The van der Waals surface area contributed by atoms with Gasteiger partial charge in [-0.25, -0.2) is 4.98 Å². The van der Waals surface area contributed by atoms with Crippen molar-refractivity contribution in [2.24, 2.45) is 5.92 Å². The molecule has 1 aromatic heterocycles. The van der Waals surface area contributed by atoms with E-state index in [4.69, 9.17) is 0 Å². The van der Waals surface area contributed by atoms with E-state index in [1.807, 2.05) is 0 Å². The van der Waals surface area contributed by atoms with Gasteiger partial charge in [0.15, 0.2) is 0 Å². The fourth-order valence-electron chi connectivity index (χ4n) is 2.08. The van der Waals surface area contributed by atoms with Gasteiger partial charge >= 0.3 is 0 Å². The Morgan fingerprint density at radius 2 is 2.16 bits per heavy atom. The monoisotopic (exact) mass is 262 g/mol. The molecule has 5 heteroatoms. The average Bonchev–Trinajstić information content (AvgIpc) is 3.20. The Labute approximate surface area is 114 Å². The van der Waals surface area contributed by atoms with Crippen LogP contribution in [-0.2, 0) is 0 Å². The largest absolute Gasteiger partial charge is 0.369 e. The molecule has 1 aliphatic carbocycles. The summed E-state index contributed by atoms with van der Waals surface area (Å²) in [7, 11) is 0. The van der Waals surface area contributed by atoms with Crippen LogP contribution in [0.1, 0.15) is 50.5 Å². The fraction of sp³-hybridized carbons (Fsp3) is 0.643. The molecule has 5 nitrogen and oxygen atoms in total. The van der Waals surface area contributed by atoms with Crippen LogP contribution in [0.4, 0.5) is 5.82 Å². The molecular formula is C14H22N4O. The highest BCUT2D eigenvalue weighted by molar-refractivity contribution is 5.92. The molecule has 2 N–H and O–H groups in total. The zero-order valence-electron chi connectivity index (χ0n) is 11.9. The van der Waals surface area contributed by atoms with Crippen molar-refractivity contribution >= 4 is 11.7 Å². The van der Waals surface area contributed by atoms with Crippen molar-refractivity contribution in [3.63, 3.8) is 0 Å². The average molecular weight is 262 g/mol. The lowest BCUT2D eigenvalue weighted by Crippen LogP contribution is -2.45. The van der Waals surface area contributed by atoms with E-state index < -0.39 is 0 Å². The molecular weight excluding hydrogens is 240 g/mol. The minimum atomic E-state index is -0.161. The maximum absolute atomic E-state index is 12.2. The van der Waals surface area contributed by atoms with Crippen molar-refractivity contribution in [3.8, 4) is 0 Å². The molecule has 0 radical (unpaired) electrons. The van der Waals surface area contributed by atoms with E-state index in [1.54, 1.807) is 6.20 Å². The summed E-state index contributed by atoms with van der Waals surface area (Å²) in [5, 5.41) is 6.18. The number of rotatable bonds is 6. The van der Waals surface area contributed by atoms with E-state index >= 15 is 0 Å². The van der Waals surface area contributed by atoms with E-state index in [2.05, 4.69) is 41.4 Å². The van der Waals surface area contributed by atoms with Crippen molar-refractivity contribution in [3.05, 3.63) is 18.1 Å². The molecule has 1 fully saturated rings. The third kappa shape index (κ3) is 3.66. The van der Waals surface area contributed by atoms with Crippen LogP contribution in [0, 0.1) is 5.92 Å². The highest BCUT2D eigenvalue weighted by atomic mass is 16.2. The van der Waals surface area contributed by atoms with E-state index in [0.29, 0.717) is 17.4 Å². The molecule has 0 aliphatic heterocycles. The lowest BCUT2D eigenvalue weighted by atomic mass is 9.98. The van der Waals surface area contributed by atoms with Gasteiger partial charge in [-0.15, -0.1) is 0 Å². The third-order valence-corrected chi connectivity index (χ3v) is 3.46. The smallest absolute Gasteiger partial charge is 0.271 e. The SMILES string of the molecule is CCCNc1cncc(C(=O)NC(C)(C)C2CC2)n1. The fourth-order valence-corrected chi connectivity index (χ4v) is 2.08. The van der Waals surface area contributed by atoms with Crippen LogP contribution >= 0.6 is 0 Å². The van der Waals surface area contributed by atoms with Crippen LogP contribution in [0.2, 0.25) is 0 Å². The Morgan fingerprint density at radius 1 is 1.42 bits per heavy atom. The standard InChI is InChI=1S/C14H22N4O/c1-4-7-16-12-9-15-8-11(17-12)13(19)18-14(2,3)10-5-6-10/h8-10H,4-7H2,1-3H3,(H,16,17)(H,18,19). The molecule has 2 rings (SSSR count). The first-order valence-electron chi connectivity index (χ1n) is 6.91. The molecule has 0 atom stereocenters. The van der Waals surface area contributed by atoms with Gasteiger partial charge in [-0.2, -0.15) is 0 Å². The van der Waals surface area contributed by atoms with E-state index in [-0.39, 0.29) is 11.4 Å². The van der Waals surface area contributed by atoms with Gasteiger partial charge in [-0.1, -0.05) is 6.92 Å². The summed E-state index contributed by atoms with van der Waals surface area (Å²) < 4.78 is 0. The molecule has 1 heterocycles. The lowest BCUT2D eigenvalue weighted by molar-refractivity contribution is 0.0898. The summed E-state index contributed by atoms with van der Waals surface area (Å²) in [6.45, 7) is 7.03. The Balaban J connectivity index is 2.02. The van der Waals surface area contributed by atoms with Crippen LogP contribution in [0.15, 0.2) is 12.4 Å². The van der Waals surface area contributed by atoms with Gasteiger partial charge < -0.3 is 10.6 Å². The predicted octanol–water partition coefficient (Wildman–Crippen LogP) is 2.22. The Morgan fingerprint density at radius 3 is 2.79 bits per heavy atom. The zero-order valence-corrected chi connectivity index (χ0v) is 11.9. The molecule has 1 aromatic rings. The van der Waals surface area contributed by atoms with Crippen LogP contribution in [0.25, 0.3) is 0 Å². The Hall–Kier alpha value is -1.65. The topological polar surface area (TPSA) is 66.9 Å². The molecule has 0 spiro atoms. The molecule has 1 aliphatic rings. The van der Waals surface area contributed by atoms with Crippen molar-refractivity contribution in [1.29, 1.82) is 0 Å². The van der Waals surface area contributed by atoms with Gasteiger partial charge in [0.05, 0.1) is 12.4 Å². The molecule has 0 aromatic carbocycles. The minimum absolute atomic E-state index is 0.149. The number of nitrogens with one attached hydrogen (secondary N) is 2. The minimum Gasteiger partial charge on any atom is -0.369 e. The van der Waals surface area contributed by atoms with Crippen molar-refractivity contribution in [1.82, 2.24) is 15.3 Å². The predicted molar refractivity (Wildman–Crippen MR) is 75.1 cm³/mol. The normalized spacial score (nSPS) is 15.1. The van der Waals surface area contributed by atoms with Crippen molar-refractivity contribution < 1.29 is 4.79 Å². The summed E-state index contributed by atoms with van der Waals surface area (Å²) >= 11 is 0. The van der Waals surface area contributed by atoms with Crippen molar-refractivity contribution in [2.45, 2.75) is 45.6 Å². The molecule has 104 valence electrons. The first-order valence-corrected chi connectivity index (χ1v) is 6.91. The van der Waals surface area contributed by atoms with Gasteiger partial charge in [-0.3, -0.25) is 9.78 Å². The summed E-state index contributed by atoms with van der Waals surface area (Å²) in [4.78, 5) is 20.5. The second kappa shape index (κ2) is 5.55. The van der Waals surface area contributed by atoms with Gasteiger partial charge in [0, 0.05) is 12.1 Å². The van der Waals surface area contributed by atoms with Crippen LogP contribution in [0.5, 0.6) is 0 Å². The van der Waals surface area contributed by atoms with Gasteiger partial charge in [0.1, 0.15) is 11.5 Å². The summed E-state index contributed by atoms with van der Waals surface area (Å²) in [5.41, 5.74) is 0.209. The Bertz CT molecular complexity index is 455. The quantitative estimate of drug-likeness (QED) is 0.825. The summed E-state index contributed by atoms with van der Waals surface area (Å²) in [6, 6.07) is 0. The van der Waals surface area contributed by atoms with E-state index in [0.717, 1.165) is 13.0 Å². The highest BCUT2D eigenvalue weighted by Gasteiger charge is 2.39. The lowest BCUT2D eigenvalue weighted by Gasteiger charge is -2.25. The Kier molecular flexibility index (Phi) is 4.02. The van der Waals surface area contributed by atoms with Crippen molar-refractivity contribution in [2.75, 3.05) is 11.9 Å². The zero-order chi connectivity index (χ0) is 13.9. The number of hydrogen-bond donors (Lipinski definition) is 2. The van der Waals surface area contributed by atoms with Gasteiger partial charge in [0.25, 0.3) is 5.91 Å². The first-order chi connectivity index (χ1) is 9.03. The molecule has 0 bridgehead atoms. The molecule has 19 heavy (non-hydrogen) atoms. The number of anilines is 1. The van der Waals surface area contributed by atoms with E-state index in [1.165, 1.54) is 19.0 Å². The molecule has 0 saturated heterocycles. The maximum Gasteiger partial charge on any atom is 0.271 e. The first kappa shape index (κ1) is 13.8. The second-order valence-corrected chi connectivity index (χ2v) is 5.67. The third-order valence-electron chi connectivity index (χ3n) is 3.46. The maximum atomic E-state index is 12.2. The molecule has 0 unspecified atom stereocenters. The number of nitrogens with zero attached hydrogens (tertiary/aromatic N) is 2. The van der Waals surface area contributed by atoms with Gasteiger partial charge in [-0.05, 0) is 39.0 Å². The van der Waals surface area contributed by atoms with E-state index in [9.17, 15) is 4.79 Å².